The number of thiophene rings is 1. The third-order valence-corrected chi connectivity index (χ3v) is 5.88. The van der Waals surface area contributed by atoms with Crippen LogP contribution in [0.3, 0.4) is 0 Å². The van der Waals surface area contributed by atoms with Crippen LogP contribution >= 0.6 is 11.3 Å². The van der Waals surface area contributed by atoms with Gasteiger partial charge in [-0.2, -0.15) is 0 Å². The molecule has 0 aliphatic carbocycles. The predicted octanol–water partition coefficient (Wildman–Crippen LogP) is 1.28. The second-order valence-corrected chi connectivity index (χ2v) is 7.74. The first-order valence-corrected chi connectivity index (χ1v) is 10.4. The van der Waals surface area contributed by atoms with Gasteiger partial charge in [0.25, 0.3) is 0 Å². The highest BCUT2D eigenvalue weighted by Crippen LogP contribution is 2.32. The largest absolute Gasteiger partial charge is 0.454 e. The summed E-state index contributed by atoms with van der Waals surface area (Å²) in [7, 11) is 0. The highest BCUT2D eigenvalue weighted by atomic mass is 32.1. The van der Waals surface area contributed by atoms with Crippen molar-refractivity contribution in [1.29, 1.82) is 0 Å². The number of rotatable bonds is 6. The van der Waals surface area contributed by atoms with Crippen LogP contribution in [0.1, 0.15) is 16.5 Å². The van der Waals surface area contributed by atoms with E-state index in [2.05, 4.69) is 21.6 Å². The van der Waals surface area contributed by atoms with E-state index < -0.39 is 11.8 Å². The monoisotopic (exact) mass is 417 g/mol. The second-order valence-electron chi connectivity index (χ2n) is 6.76. The first-order chi connectivity index (χ1) is 14.2. The van der Waals surface area contributed by atoms with Gasteiger partial charge in [0.05, 0.1) is 19.3 Å². The summed E-state index contributed by atoms with van der Waals surface area (Å²) in [6.45, 7) is 3.75. The molecule has 3 heterocycles. The summed E-state index contributed by atoms with van der Waals surface area (Å²) >= 11 is 1.65. The molecule has 1 aromatic heterocycles. The Balaban J connectivity index is 1.29. The van der Waals surface area contributed by atoms with Crippen LogP contribution in [-0.4, -0.2) is 56.4 Å². The number of fused-ring (bicyclic) bond motifs is 1. The number of carbonyl (C=O) groups excluding carboxylic acids is 2. The van der Waals surface area contributed by atoms with Gasteiger partial charge < -0.3 is 24.8 Å². The molecule has 0 radical (unpaired) electrons. The Morgan fingerprint density at radius 1 is 1.07 bits per heavy atom. The standard InChI is InChI=1S/C20H23N3O5S/c24-19(21-11-14-3-4-16-17(10-14)28-13-27-16)20(25)22-12-15(18-2-1-9-29-18)23-5-7-26-8-6-23/h1-4,9-10,15H,5-8,11-13H2,(H,21,24)(H,22,25)/t15-/m0/s1. The number of nitrogens with zero attached hydrogens (tertiary/aromatic N) is 1. The molecule has 0 bridgehead atoms. The summed E-state index contributed by atoms with van der Waals surface area (Å²) in [6, 6.07) is 9.49. The smallest absolute Gasteiger partial charge is 0.309 e. The Bertz CT molecular complexity index is 852. The zero-order chi connectivity index (χ0) is 20.1. The summed E-state index contributed by atoms with van der Waals surface area (Å²) in [5.41, 5.74) is 0.833. The molecule has 29 heavy (non-hydrogen) atoms. The van der Waals surface area contributed by atoms with Gasteiger partial charge in [-0.15, -0.1) is 11.3 Å². The Labute approximate surface area is 172 Å². The molecular formula is C20H23N3O5S. The van der Waals surface area contributed by atoms with Crippen LogP contribution in [0.2, 0.25) is 0 Å². The van der Waals surface area contributed by atoms with Crippen molar-refractivity contribution < 1.29 is 23.8 Å². The van der Waals surface area contributed by atoms with Crippen LogP contribution in [0.5, 0.6) is 11.5 Å². The third kappa shape index (κ3) is 4.87. The minimum atomic E-state index is -0.658. The lowest BCUT2D eigenvalue weighted by molar-refractivity contribution is -0.139. The summed E-state index contributed by atoms with van der Waals surface area (Å²) in [6.07, 6.45) is 0. The summed E-state index contributed by atoms with van der Waals surface area (Å²) in [5, 5.41) is 7.44. The van der Waals surface area contributed by atoms with Crippen LogP contribution in [0.4, 0.5) is 0 Å². The van der Waals surface area contributed by atoms with E-state index in [1.54, 1.807) is 23.5 Å². The molecule has 2 N–H and O–H groups in total. The fourth-order valence-corrected chi connectivity index (χ4v) is 4.22. The van der Waals surface area contributed by atoms with Crippen molar-refractivity contribution in [3.63, 3.8) is 0 Å². The molecule has 0 saturated carbocycles. The van der Waals surface area contributed by atoms with E-state index in [-0.39, 0.29) is 19.4 Å². The Hall–Kier alpha value is -2.62. The third-order valence-electron chi connectivity index (χ3n) is 4.91. The molecule has 8 nitrogen and oxygen atoms in total. The molecule has 1 atom stereocenters. The van der Waals surface area contributed by atoms with Gasteiger partial charge in [0, 0.05) is 31.1 Å². The van der Waals surface area contributed by atoms with Crippen molar-refractivity contribution in [3.8, 4) is 11.5 Å². The highest BCUT2D eigenvalue weighted by molar-refractivity contribution is 7.10. The lowest BCUT2D eigenvalue weighted by Crippen LogP contribution is -2.46. The van der Waals surface area contributed by atoms with Crippen LogP contribution in [0, 0.1) is 0 Å². The lowest BCUT2D eigenvalue weighted by atomic mass is 10.2. The van der Waals surface area contributed by atoms with Crippen molar-refractivity contribution >= 4 is 23.2 Å². The summed E-state index contributed by atoms with van der Waals surface area (Å²) in [4.78, 5) is 28.0. The van der Waals surface area contributed by atoms with Gasteiger partial charge in [-0.25, -0.2) is 0 Å². The molecule has 1 fully saturated rings. The summed E-state index contributed by atoms with van der Waals surface area (Å²) < 4.78 is 16.0. The first-order valence-electron chi connectivity index (χ1n) is 9.50. The van der Waals surface area contributed by atoms with E-state index in [0.29, 0.717) is 31.3 Å². The molecule has 2 aliphatic heterocycles. The minimum absolute atomic E-state index is 0.0320. The molecule has 4 rings (SSSR count). The molecule has 2 aliphatic rings. The molecule has 2 aromatic rings. The quantitative estimate of drug-likeness (QED) is 0.689. The maximum atomic E-state index is 12.3. The number of amides is 2. The fourth-order valence-electron chi connectivity index (χ4n) is 3.36. The van der Waals surface area contributed by atoms with E-state index in [1.165, 1.54) is 0 Å². The van der Waals surface area contributed by atoms with Gasteiger partial charge in [0.2, 0.25) is 6.79 Å². The average Bonchev–Trinajstić information content (AvgIpc) is 3.44. The molecule has 154 valence electrons. The number of carbonyl (C=O) groups is 2. The van der Waals surface area contributed by atoms with E-state index in [9.17, 15) is 9.59 Å². The zero-order valence-electron chi connectivity index (χ0n) is 15.9. The Kier molecular flexibility index (Phi) is 6.28. The molecule has 1 saturated heterocycles. The fraction of sp³-hybridized carbons (Fsp3) is 0.400. The van der Waals surface area contributed by atoms with Gasteiger partial charge in [0.15, 0.2) is 11.5 Å². The van der Waals surface area contributed by atoms with Gasteiger partial charge in [0.1, 0.15) is 0 Å². The molecule has 9 heteroatoms. The van der Waals surface area contributed by atoms with E-state index in [4.69, 9.17) is 14.2 Å². The topological polar surface area (TPSA) is 89.1 Å². The van der Waals surface area contributed by atoms with Gasteiger partial charge in [-0.1, -0.05) is 12.1 Å². The van der Waals surface area contributed by atoms with Gasteiger partial charge >= 0.3 is 11.8 Å². The van der Waals surface area contributed by atoms with Crippen LogP contribution in [0.15, 0.2) is 35.7 Å². The molecule has 2 amide bonds. The first kappa shape index (κ1) is 19.7. The number of benzene rings is 1. The van der Waals surface area contributed by atoms with Crippen molar-refractivity contribution in [2.45, 2.75) is 12.6 Å². The van der Waals surface area contributed by atoms with Crippen molar-refractivity contribution in [1.82, 2.24) is 15.5 Å². The van der Waals surface area contributed by atoms with Gasteiger partial charge in [-0.05, 0) is 29.1 Å². The maximum absolute atomic E-state index is 12.3. The van der Waals surface area contributed by atoms with E-state index >= 15 is 0 Å². The normalized spacial score (nSPS) is 17.0. The number of morpholine rings is 1. The number of ether oxygens (including phenoxy) is 3. The average molecular weight is 417 g/mol. The Morgan fingerprint density at radius 2 is 1.86 bits per heavy atom. The van der Waals surface area contributed by atoms with Crippen molar-refractivity contribution in [2.75, 3.05) is 39.6 Å². The van der Waals surface area contributed by atoms with E-state index in [1.807, 2.05) is 17.5 Å². The second kappa shape index (κ2) is 9.25. The van der Waals surface area contributed by atoms with Gasteiger partial charge in [-0.3, -0.25) is 14.5 Å². The van der Waals surface area contributed by atoms with Crippen LogP contribution in [0.25, 0.3) is 0 Å². The molecule has 0 spiro atoms. The Morgan fingerprint density at radius 3 is 2.66 bits per heavy atom. The summed E-state index contributed by atoms with van der Waals surface area (Å²) in [5.74, 6) is 0.0289. The number of hydrogen-bond donors (Lipinski definition) is 2. The van der Waals surface area contributed by atoms with Crippen LogP contribution < -0.4 is 20.1 Å². The number of nitrogens with one attached hydrogen (secondary N) is 2. The number of hydrogen-bond acceptors (Lipinski definition) is 7. The van der Waals surface area contributed by atoms with Crippen molar-refractivity contribution in [3.05, 3.63) is 46.2 Å². The van der Waals surface area contributed by atoms with Crippen molar-refractivity contribution in [2.24, 2.45) is 0 Å². The van der Waals surface area contributed by atoms with Crippen LogP contribution in [-0.2, 0) is 20.9 Å². The molecule has 1 aromatic carbocycles. The maximum Gasteiger partial charge on any atom is 0.309 e. The predicted molar refractivity (Wildman–Crippen MR) is 107 cm³/mol. The molecule has 0 unspecified atom stereocenters. The minimum Gasteiger partial charge on any atom is -0.454 e. The van der Waals surface area contributed by atoms with E-state index in [0.717, 1.165) is 23.5 Å². The lowest BCUT2D eigenvalue weighted by Gasteiger charge is -2.34. The molecular weight excluding hydrogens is 394 g/mol. The zero-order valence-corrected chi connectivity index (χ0v) is 16.7. The highest BCUT2D eigenvalue weighted by Gasteiger charge is 2.25. The SMILES string of the molecule is O=C(NCc1ccc2c(c1)OCO2)C(=O)NC[C@@H](c1cccs1)N1CCOCC1.